The molecule has 3 aromatic heterocycles. The van der Waals surface area contributed by atoms with Gasteiger partial charge < -0.3 is 9.13 Å². The van der Waals surface area contributed by atoms with Gasteiger partial charge in [-0.05, 0) is 95.1 Å². The normalized spacial score (nSPS) is 11.3. The Hall–Kier alpha value is -9.43. The number of hydrogen-bond acceptors (Lipinski definition) is 5. The van der Waals surface area contributed by atoms with Gasteiger partial charge in [0.05, 0.1) is 45.3 Å². The second kappa shape index (κ2) is 15.7. The Balaban J connectivity index is 1.15. The molecule has 0 unspecified atom stereocenters. The summed E-state index contributed by atoms with van der Waals surface area (Å²) in [5.41, 5.74) is 13.5. The first-order valence-electron chi connectivity index (χ1n) is 21.7. The van der Waals surface area contributed by atoms with Crippen molar-refractivity contribution in [2.24, 2.45) is 0 Å². The van der Waals surface area contributed by atoms with E-state index in [1.54, 1.807) is 0 Å². The molecule has 0 aliphatic rings. The maximum atomic E-state index is 9.74. The number of para-hydroxylation sites is 4. The zero-order chi connectivity index (χ0) is 44.1. The number of nitrogens with zero attached hydrogens (tertiary/aromatic N) is 7. The molecule has 7 heteroatoms. The molecule has 0 aliphatic carbocycles. The molecule has 9 aromatic carbocycles. The van der Waals surface area contributed by atoms with Crippen LogP contribution in [-0.4, -0.2) is 24.1 Å². The molecule has 0 atom stereocenters. The highest BCUT2D eigenvalue weighted by Crippen LogP contribution is 2.41. The van der Waals surface area contributed by atoms with Gasteiger partial charge >= 0.3 is 0 Å². The summed E-state index contributed by atoms with van der Waals surface area (Å²) in [5, 5.41) is 24.1. The Morgan fingerprint density at radius 2 is 0.652 bits per heavy atom. The van der Waals surface area contributed by atoms with Crippen molar-refractivity contribution >= 4 is 43.6 Å². The molecule has 7 nitrogen and oxygen atoms in total. The van der Waals surface area contributed by atoms with Crippen LogP contribution in [0.4, 0.5) is 0 Å². The van der Waals surface area contributed by atoms with Crippen LogP contribution in [0, 0.1) is 22.7 Å². The number of aromatic nitrogens is 5. The largest absolute Gasteiger partial charge is 0.309 e. The summed E-state index contributed by atoms with van der Waals surface area (Å²) in [4.78, 5) is 16.1. The fourth-order valence-electron chi connectivity index (χ4n) is 9.40. The van der Waals surface area contributed by atoms with E-state index < -0.39 is 0 Å². The van der Waals surface area contributed by atoms with Crippen molar-refractivity contribution in [2.75, 3.05) is 0 Å². The van der Waals surface area contributed by atoms with Gasteiger partial charge in [0.25, 0.3) is 0 Å². The van der Waals surface area contributed by atoms with Crippen molar-refractivity contribution in [2.45, 2.75) is 0 Å². The first-order valence-corrected chi connectivity index (χ1v) is 21.7. The summed E-state index contributed by atoms with van der Waals surface area (Å²) in [6.45, 7) is 0. The van der Waals surface area contributed by atoms with E-state index in [0.29, 0.717) is 28.6 Å². The van der Waals surface area contributed by atoms with Gasteiger partial charge in [-0.1, -0.05) is 140 Å². The lowest BCUT2D eigenvalue weighted by Crippen LogP contribution is -2.04. The Labute approximate surface area is 380 Å². The minimum atomic E-state index is 0.494. The molecular formula is C59H35N7. The van der Waals surface area contributed by atoms with E-state index >= 15 is 0 Å². The van der Waals surface area contributed by atoms with Gasteiger partial charge in [-0.15, -0.1) is 0 Å². The summed E-state index contributed by atoms with van der Waals surface area (Å²) < 4.78 is 4.60. The Bertz CT molecular complexity index is 3600. The third-order valence-corrected chi connectivity index (χ3v) is 12.5. The van der Waals surface area contributed by atoms with Crippen LogP contribution in [0.15, 0.2) is 212 Å². The fraction of sp³-hybridized carbons (Fsp3) is 0. The average molecular weight is 842 g/mol. The predicted molar refractivity (Wildman–Crippen MR) is 265 cm³/mol. The van der Waals surface area contributed by atoms with Crippen LogP contribution in [-0.2, 0) is 0 Å². The highest BCUT2D eigenvalue weighted by atomic mass is 15.0. The number of benzene rings is 9. The first-order chi connectivity index (χ1) is 32.6. The smallest absolute Gasteiger partial charge is 0.164 e. The molecule has 0 radical (unpaired) electrons. The van der Waals surface area contributed by atoms with E-state index in [9.17, 15) is 10.5 Å². The van der Waals surface area contributed by atoms with Crippen LogP contribution < -0.4 is 0 Å². The predicted octanol–water partition coefficient (Wildman–Crippen LogP) is 14.1. The molecule has 3 heterocycles. The molecule has 66 heavy (non-hydrogen) atoms. The number of rotatable bonds is 7. The molecule has 0 aliphatic heterocycles. The molecule has 0 bridgehead atoms. The van der Waals surface area contributed by atoms with Gasteiger partial charge in [0.1, 0.15) is 0 Å². The molecule has 0 fully saturated rings. The Kier molecular flexibility index (Phi) is 9.12. The number of nitriles is 2. The number of fused-ring (bicyclic) bond motifs is 6. The van der Waals surface area contributed by atoms with Crippen molar-refractivity contribution in [1.82, 2.24) is 24.1 Å². The fourth-order valence-corrected chi connectivity index (χ4v) is 9.40. The highest BCUT2D eigenvalue weighted by molar-refractivity contribution is 6.10. The van der Waals surface area contributed by atoms with Crippen molar-refractivity contribution in [1.29, 1.82) is 10.5 Å². The van der Waals surface area contributed by atoms with Gasteiger partial charge in [0, 0.05) is 49.6 Å². The lowest BCUT2D eigenvalue weighted by atomic mass is 9.96. The average Bonchev–Trinajstić information content (AvgIpc) is 3.92. The SMILES string of the molecule is N#Cc1ccc(-c2ccc(-n3c4ccccc4c4ccccc43)cc2-c2nc(-c3ccccc3)nc(-c3cc(-n4c5ccccc5c5ccccc54)ccc3-c3ccc(C#N)cc3)n2)cc1. The van der Waals surface area contributed by atoms with Crippen LogP contribution in [0.1, 0.15) is 11.1 Å². The van der Waals surface area contributed by atoms with E-state index in [2.05, 4.69) is 155 Å². The molecule has 306 valence electrons. The van der Waals surface area contributed by atoms with E-state index in [4.69, 9.17) is 15.0 Å². The molecule has 0 amide bonds. The quantitative estimate of drug-likeness (QED) is 0.159. The van der Waals surface area contributed by atoms with Crippen molar-refractivity contribution in [3.63, 3.8) is 0 Å². The zero-order valence-corrected chi connectivity index (χ0v) is 35.3. The van der Waals surface area contributed by atoms with Crippen LogP contribution in [0.25, 0.3) is 111 Å². The van der Waals surface area contributed by atoms with E-state index in [1.807, 2.05) is 78.9 Å². The van der Waals surface area contributed by atoms with Crippen LogP contribution >= 0.6 is 0 Å². The minimum Gasteiger partial charge on any atom is -0.309 e. The Morgan fingerprint density at radius 3 is 1.03 bits per heavy atom. The topological polar surface area (TPSA) is 96.1 Å². The van der Waals surface area contributed by atoms with Crippen LogP contribution in [0.3, 0.4) is 0 Å². The van der Waals surface area contributed by atoms with Gasteiger partial charge in [-0.3, -0.25) is 0 Å². The van der Waals surface area contributed by atoms with Gasteiger partial charge in [-0.2, -0.15) is 10.5 Å². The second-order valence-electron chi connectivity index (χ2n) is 16.2. The molecule has 0 spiro atoms. The van der Waals surface area contributed by atoms with Crippen molar-refractivity contribution in [3.8, 4) is 79.9 Å². The standard InChI is InChI=1S/C59H35N7/c60-36-38-22-26-40(27-23-38)45-32-30-43(65-53-18-8-4-14-47(53)48-15-5-9-19-54(48)65)34-51(45)58-62-57(42-12-2-1-3-13-42)63-59(64-58)52-35-44(31-33-46(52)41-28-24-39(37-61)25-29-41)66-55-20-10-6-16-49(55)50-17-7-11-21-56(50)66/h1-35H. The van der Waals surface area contributed by atoms with Gasteiger partial charge in [0.15, 0.2) is 17.5 Å². The lowest BCUT2D eigenvalue weighted by molar-refractivity contribution is 1.07. The molecule has 0 saturated carbocycles. The molecule has 0 N–H and O–H groups in total. The van der Waals surface area contributed by atoms with Crippen LogP contribution in [0.5, 0.6) is 0 Å². The highest BCUT2D eigenvalue weighted by Gasteiger charge is 2.22. The van der Waals surface area contributed by atoms with E-state index in [0.717, 1.165) is 93.9 Å². The van der Waals surface area contributed by atoms with Crippen molar-refractivity contribution in [3.05, 3.63) is 223 Å². The molecule has 0 saturated heterocycles. The summed E-state index contributed by atoms with van der Waals surface area (Å²) >= 11 is 0. The summed E-state index contributed by atoms with van der Waals surface area (Å²) in [6, 6.07) is 76.7. The molecule has 12 rings (SSSR count). The number of hydrogen-bond donors (Lipinski definition) is 0. The second-order valence-corrected chi connectivity index (χ2v) is 16.2. The van der Waals surface area contributed by atoms with Gasteiger partial charge in [-0.25, -0.2) is 15.0 Å². The molecule has 12 aromatic rings. The third-order valence-electron chi connectivity index (χ3n) is 12.5. The van der Waals surface area contributed by atoms with E-state index in [-0.39, 0.29) is 0 Å². The maximum absolute atomic E-state index is 9.74. The summed E-state index contributed by atoms with van der Waals surface area (Å²) in [6.07, 6.45) is 0. The third kappa shape index (κ3) is 6.39. The Morgan fingerprint density at radius 1 is 0.303 bits per heavy atom. The maximum Gasteiger partial charge on any atom is 0.164 e. The lowest BCUT2D eigenvalue weighted by Gasteiger charge is -2.17. The first kappa shape index (κ1) is 38.3. The van der Waals surface area contributed by atoms with Crippen molar-refractivity contribution < 1.29 is 0 Å². The van der Waals surface area contributed by atoms with Gasteiger partial charge in [0.2, 0.25) is 0 Å². The molecular weight excluding hydrogens is 807 g/mol. The van der Waals surface area contributed by atoms with Crippen LogP contribution in [0.2, 0.25) is 0 Å². The summed E-state index contributed by atoms with van der Waals surface area (Å²) in [7, 11) is 0. The monoisotopic (exact) mass is 841 g/mol. The summed E-state index contributed by atoms with van der Waals surface area (Å²) in [5.74, 6) is 1.51. The van der Waals surface area contributed by atoms with E-state index in [1.165, 1.54) is 0 Å². The zero-order valence-electron chi connectivity index (χ0n) is 35.3. The minimum absolute atomic E-state index is 0.494.